The van der Waals surface area contributed by atoms with Gasteiger partial charge in [-0.15, -0.1) is 0 Å². The van der Waals surface area contributed by atoms with Crippen LogP contribution in [0.3, 0.4) is 0 Å². The van der Waals surface area contributed by atoms with Gasteiger partial charge in [-0.1, -0.05) is 23.2 Å². The third-order valence-corrected chi connectivity index (χ3v) is 3.25. The summed E-state index contributed by atoms with van der Waals surface area (Å²) in [4.78, 5) is 13.8. The zero-order chi connectivity index (χ0) is 12.4. The maximum atomic E-state index is 12.1. The molecule has 0 unspecified atom stereocenters. The second-order valence-corrected chi connectivity index (χ2v) is 4.57. The van der Waals surface area contributed by atoms with Crippen molar-refractivity contribution in [1.82, 2.24) is 4.90 Å². The normalized spacial score (nSPS) is 16.0. The fourth-order valence-corrected chi connectivity index (χ4v) is 2.14. The number of hydrogen-bond donors (Lipinski definition) is 1. The molecule has 0 aromatic heterocycles. The van der Waals surface area contributed by atoms with Crippen molar-refractivity contribution in [3.63, 3.8) is 0 Å². The van der Waals surface area contributed by atoms with E-state index in [2.05, 4.69) is 0 Å². The van der Waals surface area contributed by atoms with Gasteiger partial charge >= 0.3 is 0 Å². The van der Waals surface area contributed by atoms with Gasteiger partial charge in [0, 0.05) is 18.7 Å². The van der Waals surface area contributed by atoms with Crippen LogP contribution in [0.2, 0.25) is 10.0 Å². The Kier molecular flexibility index (Phi) is 3.76. The lowest BCUT2D eigenvalue weighted by atomic mass is 10.1. The molecule has 0 spiro atoms. The number of halogens is 2. The summed E-state index contributed by atoms with van der Waals surface area (Å²) in [6, 6.07) is 3.08. The van der Waals surface area contributed by atoms with Crippen molar-refractivity contribution >= 4 is 34.8 Å². The number of benzene rings is 1. The maximum Gasteiger partial charge on any atom is 0.254 e. The Labute approximate surface area is 109 Å². The predicted molar refractivity (Wildman–Crippen MR) is 67.6 cm³/mol. The molecule has 1 aliphatic rings. The standard InChI is InChI=1S/C11H12Cl2N2O2/c12-8-5-7(6-9(13)10(8)14)11(16)15-1-3-17-4-2-15/h5-6H,1-4,14H2. The van der Waals surface area contributed by atoms with Crippen LogP contribution in [0.1, 0.15) is 10.4 Å². The predicted octanol–water partition coefficient (Wildman–Crippen LogP) is 2.05. The van der Waals surface area contributed by atoms with E-state index in [0.717, 1.165) is 0 Å². The number of nitrogens with two attached hydrogens (primary N) is 1. The topological polar surface area (TPSA) is 55.6 Å². The summed E-state index contributed by atoms with van der Waals surface area (Å²) >= 11 is 11.8. The van der Waals surface area contributed by atoms with Crippen LogP contribution < -0.4 is 5.73 Å². The molecule has 4 nitrogen and oxygen atoms in total. The van der Waals surface area contributed by atoms with Gasteiger partial charge in [0.2, 0.25) is 0 Å². The van der Waals surface area contributed by atoms with Crippen LogP contribution in [0.15, 0.2) is 12.1 Å². The van der Waals surface area contributed by atoms with E-state index < -0.39 is 0 Å². The van der Waals surface area contributed by atoms with Gasteiger partial charge in [-0.05, 0) is 12.1 Å². The monoisotopic (exact) mass is 274 g/mol. The zero-order valence-corrected chi connectivity index (χ0v) is 10.6. The third kappa shape index (κ3) is 2.65. The molecule has 2 rings (SSSR count). The molecule has 6 heteroatoms. The fraction of sp³-hybridized carbons (Fsp3) is 0.364. The van der Waals surface area contributed by atoms with Crippen molar-refractivity contribution in [3.05, 3.63) is 27.7 Å². The van der Waals surface area contributed by atoms with Crippen LogP contribution in [0.4, 0.5) is 5.69 Å². The average molecular weight is 275 g/mol. The number of hydrogen-bond acceptors (Lipinski definition) is 3. The quantitative estimate of drug-likeness (QED) is 0.798. The van der Waals surface area contributed by atoms with Crippen LogP contribution in [-0.2, 0) is 4.74 Å². The molecule has 1 aliphatic heterocycles. The molecule has 1 saturated heterocycles. The van der Waals surface area contributed by atoms with Gasteiger partial charge in [0.25, 0.3) is 5.91 Å². The highest BCUT2D eigenvalue weighted by molar-refractivity contribution is 6.39. The summed E-state index contributed by atoms with van der Waals surface area (Å²) < 4.78 is 5.19. The molecule has 1 aromatic carbocycles. The van der Waals surface area contributed by atoms with Gasteiger partial charge in [-0.2, -0.15) is 0 Å². The Balaban J connectivity index is 2.24. The number of nitrogens with zero attached hydrogens (tertiary/aromatic N) is 1. The molecule has 0 bridgehead atoms. The fourth-order valence-electron chi connectivity index (χ4n) is 1.66. The molecule has 0 saturated carbocycles. The number of nitrogen functional groups attached to an aromatic ring is 1. The van der Waals surface area contributed by atoms with Crippen molar-refractivity contribution in [2.24, 2.45) is 0 Å². The number of rotatable bonds is 1. The number of carbonyl (C=O) groups excluding carboxylic acids is 1. The first-order valence-corrected chi connectivity index (χ1v) is 5.96. The lowest BCUT2D eigenvalue weighted by Gasteiger charge is -2.27. The van der Waals surface area contributed by atoms with Crippen molar-refractivity contribution < 1.29 is 9.53 Å². The molecule has 1 aromatic rings. The Morgan fingerprint density at radius 2 is 1.76 bits per heavy atom. The molecular weight excluding hydrogens is 263 g/mol. The Morgan fingerprint density at radius 3 is 2.29 bits per heavy atom. The molecule has 0 aliphatic carbocycles. The van der Waals surface area contributed by atoms with Gasteiger partial charge in [0.05, 0.1) is 28.9 Å². The third-order valence-electron chi connectivity index (χ3n) is 2.62. The summed E-state index contributed by atoms with van der Waals surface area (Å²) in [5, 5.41) is 0.600. The van der Waals surface area contributed by atoms with E-state index in [1.165, 1.54) is 0 Å². The number of carbonyl (C=O) groups is 1. The number of morpholine rings is 1. The molecule has 1 heterocycles. The van der Waals surface area contributed by atoms with Gasteiger partial charge in [-0.25, -0.2) is 0 Å². The highest BCUT2D eigenvalue weighted by atomic mass is 35.5. The van der Waals surface area contributed by atoms with Gasteiger partial charge in [-0.3, -0.25) is 4.79 Å². The average Bonchev–Trinajstić information content (AvgIpc) is 2.35. The van der Waals surface area contributed by atoms with Gasteiger partial charge in [0.15, 0.2) is 0 Å². The van der Waals surface area contributed by atoms with E-state index in [0.29, 0.717) is 47.6 Å². The summed E-state index contributed by atoms with van der Waals surface area (Å²) in [6.07, 6.45) is 0. The first kappa shape index (κ1) is 12.5. The van der Waals surface area contributed by atoms with Crippen LogP contribution in [0, 0.1) is 0 Å². The Morgan fingerprint density at radius 1 is 1.24 bits per heavy atom. The second kappa shape index (κ2) is 5.12. The molecule has 2 N–H and O–H groups in total. The summed E-state index contributed by atoms with van der Waals surface area (Å²) in [5.74, 6) is -0.0999. The molecule has 0 atom stereocenters. The summed E-state index contributed by atoms with van der Waals surface area (Å²) in [6.45, 7) is 2.28. The van der Waals surface area contributed by atoms with Crippen LogP contribution in [0.5, 0.6) is 0 Å². The van der Waals surface area contributed by atoms with E-state index in [4.69, 9.17) is 33.7 Å². The molecule has 1 fully saturated rings. The van der Waals surface area contributed by atoms with E-state index in [9.17, 15) is 4.79 Å². The first-order chi connectivity index (χ1) is 8.09. The van der Waals surface area contributed by atoms with Crippen molar-refractivity contribution in [2.75, 3.05) is 32.0 Å². The Hall–Kier alpha value is -0.970. The van der Waals surface area contributed by atoms with Crippen molar-refractivity contribution in [1.29, 1.82) is 0 Å². The minimum Gasteiger partial charge on any atom is -0.396 e. The highest BCUT2D eigenvalue weighted by Gasteiger charge is 2.20. The van der Waals surface area contributed by atoms with E-state index in [1.54, 1.807) is 17.0 Å². The van der Waals surface area contributed by atoms with Crippen molar-refractivity contribution in [2.45, 2.75) is 0 Å². The molecule has 1 amide bonds. The SMILES string of the molecule is Nc1c(Cl)cc(C(=O)N2CCOCC2)cc1Cl. The van der Waals surface area contributed by atoms with E-state index >= 15 is 0 Å². The minimum atomic E-state index is -0.0999. The van der Waals surface area contributed by atoms with Crippen molar-refractivity contribution in [3.8, 4) is 0 Å². The summed E-state index contributed by atoms with van der Waals surface area (Å²) in [7, 11) is 0. The minimum absolute atomic E-state index is 0.0999. The molecular formula is C11H12Cl2N2O2. The number of anilines is 1. The zero-order valence-electron chi connectivity index (χ0n) is 9.08. The number of ether oxygens (including phenoxy) is 1. The van der Waals surface area contributed by atoms with Crippen LogP contribution in [0.25, 0.3) is 0 Å². The Bertz CT molecular complexity index is 422. The lowest BCUT2D eigenvalue weighted by molar-refractivity contribution is 0.0303. The van der Waals surface area contributed by atoms with E-state index in [1.807, 2.05) is 0 Å². The molecule has 17 heavy (non-hydrogen) atoms. The highest BCUT2D eigenvalue weighted by Crippen LogP contribution is 2.29. The summed E-state index contributed by atoms with van der Waals surface area (Å²) in [5.41, 5.74) is 6.37. The number of amides is 1. The lowest BCUT2D eigenvalue weighted by Crippen LogP contribution is -2.40. The smallest absolute Gasteiger partial charge is 0.254 e. The largest absolute Gasteiger partial charge is 0.396 e. The second-order valence-electron chi connectivity index (χ2n) is 3.76. The molecule has 0 radical (unpaired) electrons. The molecule has 92 valence electrons. The van der Waals surface area contributed by atoms with E-state index in [-0.39, 0.29) is 5.91 Å². The first-order valence-electron chi connectivity index (χ1n) is 5.21. The van der Waals surface area contributed by atoms with Gasteiger partial charge in [0.1, 0.15) is 0 Å². The van der Waals surface area contributed by atoms with Crippen LogP contribution in [-0.4, -0.2) is 37.1 Å². The van der Waals surface area contributed by atoms with Crippen LogP contribution >= 0.6 is 23.2 Å². The van der Waals surface area contributed by atoms with Gasteiger partial charge < -0.3 is 15.4 Å². The maximum absolute atomic E-state index is 12.1.